The van der Waals surface area contributed by atoms with E-state index < -0.39 is 5.95 Å². The molecule has 3 aliphatic rings. The van der Waals surface area contributed by atoms with Crippen molar-refractivity contribution >= 4 is 5.91 Å². The largest absolute Gasteiger partial charge is 0.331 e. The maximum atomic E-state index is 15.6. The van der Waals surface area contributed by atoms with Crippen LogP contribution in [0.25, 0.3) is 22.4 Å². The SMILES string of the molecule is CC1(Cn2ncc(-c3ccc(C#N)nc3-c3ccc4c(c3)C(=O)N(C3CC3)C4)c2F)CCCC1. The second kappa shape index (κ2) is 7.76. The molecule has 0 spiro atoms. The van der Waals surface area contributed by atoms with Crippen LogP contribution >= 0.6 is 0 Å². The van der Waals surface area contributed by atoms with E-state index >= 15 is 4.39 Å². The molecule has 2 saturated carbocycles. The lowest BCUT2D eigenvalue weighted by molar-refractivity contribution is 0.0766. The Morgan fingerprint density at radius 1 is 1.15 bits per heavy atom. The molecule has 2 fully saturated rings. The molecule has 0 unspecified atom stereocenters. The molecule has 1 aromatic carbocycles. The van der Waals surface area contributed by atoms with Gasteiger partial charge in [-0.05, 0) is 54.9 Å². The van der Waals surface area contributed by atoms with Crippen molar-refractivity contribution in [2.45, 2.75) is 64.6 Å². The van der Waals surface area contributed by atoms with Crippen LogP contribution in [0.15, 0.2) is 36.5 Å². The molecular weight excluding hydrogens is 429 g/mol. The summed E-state index contributed by atoms with van der Waals surface area (Å²) in [4.78, 5) is 19.4. The first kappa shape index (κ1) is 21.0. The Bertz CT molecular complexity index is 1340. The summed E-state index contributed by atoms with van der Waals surface area (Å²) in [5.41, 5.74) is 4.10. The average molecular weight is 456 g/mol. The number of nitriles is 1. The zero-order chi connectivity index (χ0) is 23.4. The topological polar surface area (TPSA) is 74.8 Å². The summed E-state index contributed by atoms with van der Waals surface area (Å²) < 4.78 is 17.1. The number of aromatic nitrogens is 3. The zero-order valence-corrected chi connectivity index (χ0v) is 19.2. The molecule has 3 heterocycles. The van der Waals surface area contributed by atoms with Gasteiger partial charge < -0.3 is 4.90 Å². The highest BCUT2D eigenvalue weighted by atomic mass is 19.1. The lowest BCUT2D eigenvalue weighted by Gasteiger charge is -2.23. The van der Waals surface area contributed by atoms with E-state index in [9.17, 15) is 10.1 Å². The number of amides is 1. The number of halogens is 1. The van der Waals surface area contributed by atoms with Gasteiger partial charge in [-0.1, -0.05) is 31.9 Å². The summed E-state index contributed by atoms with van der Waals surface area (Å²) >= 11 is 0. The van der Waals surface area contributed by atoms with Gasteiger partial charge in [0.15, 0.2) is 0 Å². The number of carbonyl (C=O) groups excluding carboxylic acids is 1. The molecule has 0 N–H and O–H groups in total. The lowest BCUT2D eigenvalue weighted by Crippen LogP contribution is -2.25. The van der Waals surface area contributed by atoms with Crippen molar-refractivity contribution in [3.63, 3.8) is 0 Å². The fourth-order valence-corrected chi connectivity index (χ4v) is 5.52. The van der Waals surface area contributed by atoms with E-state index in [4.69, 9.17) is 0 Å². The molecular formula is C27H26FN5O. The third-order valence-electron chi connectivity index (χ3n) is 7.62. The highest BCUT2D eigenvalue weighted by molar-refractivity contribution is 6.00. The Labute approximate surface area is 198 Å². The summed E-state index contributed by atoms with van der Waals surface area (Å²) in [6.45, 7) is 3.38. The maximum absolute atomic E-state index is 15.6. The van der Waals surface area contributed by atoms with E-state index in [1.165, 1.54) is 17.5 Å². The second-order valence-corrected chi connectivity index (χ2v) is 10.3. The summed E-state index contributed by atoms with van der Waals surface area (Å²) in [5, 5.41) is 13.8. The van der Waals surface area contributed by atoms with Crippen molar-refractivity contribution in [1.82, 2.24) is 19.7 Å². The minimum Gasteiger partial charge on any atom is -0.331 e. The number of hydrogen-bond donors (Lipinski definition) is 0. The number of carbonyl (C=O) groups is 1. The number of rotatable bonds is 5. The molecule has 6 rings (SSSR count). The smallest absolute Gasteiger partial charge is 0.254 e. The van der Waals surface area contributed by atoms with Crippen LogP contribution in [-0.4, -0.2) is 31.6 Å². The second-order valence-electron chi connectivity index (χ2n) is 10.3. The molecule has 1 amide bonds. The summed E-state index contributed by atoms with van der Waals surface area (Å²) in [6, 6.07) is 11.5. The van der Waals surface area contributed by atoms with Crippen LogP contribution < -0.4 is 0 Å². The highest BCUT2D eigenvalue weighted by Crippen LogP contribution is 2.41. The van der Waals surface area contributed by atoms with Gasteiger partial charge in [0.2, 0.25) is 5.95 Å². The monoisotopic (exact) mass is 455 g/mol. The predicted molar refractivity (Wildman–Crippen MR) is 125 cm³/mol. The standard InChI is InChI=1S/C27H26FN5O/c1-27(10-2-3-11-27)16-33-25(28)23(14-30-33)21-9-6-19(13-29)31-24(21)17-4-5-18-15-32(20-7-8-20)26(34)22(18)12-17/h4-6,9,12,14,20H,2-3,7-8,10-11,15-16H2,1H3. The van der Waals surface area contributed by atoms with Crippen molar-refractivity contribution in [1.29, 1.82) is 5.26 Å². The van der Waals surface area contributed by atoms with Crippen molar-refractivity contribution in [3.8, 4) is 28.5 Å². The van der Waals surface area contributed by atoms with Gasteiger partial charge in [-0.3, -0.25) is 4.79 Å². The molecule has 0 atom stereocenters. The lowest BCUT2D eigenvalue weighted by atomic mass is 9.89. The fourth-order valence-electron chi connectivity index (χ4n) is 5.52. The number of benzene rings is 1. The van der Waals surface area contributed by atoms with Crippen LogP contribution in [-0.2, 0) is 13.1 Å². The van der Waals surface area contributed by atoms with Gasteiger partial charge in [-0.25, -0.2) is 9.67 Å². The highest BCUT2D eigenvalue weighted by Gasteiger charge is 2.38. The van der Waals surface area contributed by atoms with Crippen molar-refractivity contribution < 1.29 is 9.18 Å². The third kappa shape index (κ3) is 3.49. The molecule has 1 aliphatic heterocycles. The van der Waals surface area contributed by atoms with Crippen LogP contribution in [0.5, 0.6) is 0 Å². The van der Waals surface area contributed by atoms with Gasteiger partial charge in [-0.15, -0.1) is 0 Å². The van der Waals surface area contributed by atoms with Gasteiger partial charge in [0.1, 0.15) is 11.8 Å². The summed E-state index contributed by atoms with van der Waals surface area (Å²) in [7, 11) is 0. The number of nitrogens with zero attached hydrogens (tertiary/aromatic N) is 5. The van der Waals surface area contributed by atoms with Crippen molar-refractivity contribution in [3.05, 3.63) is 59.3 Å². The van der Waals surface area contributed by atoms with Crippen LogP contribution in [0, 0.1) is 22.7 Å². The predicted octanol–water partition coefficient (Wildman–Crippen LogP) is 5.32. The third-order valence-corrected chi connectivity index (χ3v) is 7.62. The molecule has 7 heteroatoms. The van der Waals surface area contributed by atoms with Crippen LogP contribution in [0.1, 0.15) is 67.1 Å². The molecule has 172 valence electrons. The van der Waals surface area contributed by atoms with Gasteiger partial charge in [-0.2, -0.15) is 14.8 Å². The molecule has 0 bridgehead atoms. The number of hydrogen-bond acceptors (Lipinski definition) is 4. The van der Waals surface area contributed by atoms with Gasteiger partial charge >= 0.3 is 0 Å². The van der Waals surface area contributed by atoms with E-state index in [0.29, 0.717) is 47.1 Å². The first-order valence-corrected chi connectivity index (χ1v) is 12.0. The van der Waals surface area contributed by atoms with Crippen molar-refractivity contribution in [2.75, 3.05) is 0 Å². The molecule has 6 nitrogen and oxygen atoms in total. The van der Waals surface area contributed by atoms with E-state index in [1.807, 2.05) is 23.1 Å². The number of fused-ring (bicyclic) bond motifs is 1. The maximum Gasteiger partial charge on any atom is 0.254 e. The number of pyridine rings is 1. The normalized spacial score (nSPS) is 18.9. The Morgan fingerprint density at radius 3 is 2.68 bits per heavy atom. The Hall–Kier alpha value is -3.53. The van der Waals surface area contributed by atoms with Gasteiger partial charge in [0.25, 0.3) is 5.91 Å². The quantitative estimate of drug-likeness (QED) is 0.522. The van der Waals surface area contributed by atoms with Crippen LogP contribution in [0.4, 0.5) is 4.39 Å². The van der Waals surface area contributed by atoms with E-state index in [-0.39, 0.29) is 17.0 Å². The minimum absolute atomic E-state index is 0.0427. The fraction of sp³-hybridized carbons (Fsp3) is 0.407. The molecule has 3 aromatic rings. The molecule has 2 aliphatic carbocycles. The summed E-state index contributed by atoms with van der Waals surface area (Å²) in [5.74, 6) is -0.348. The Morgan fingerprint density at radius 2 is 1.94 bits per heavy atom. The van der Waals surface area contributed by atoms with Crippen LogP contribution in [0.3, 0.4) is 0 Å². The first-order valence-electron chi connectivity index (χ1n) is 12.0. The van der Waals surface area contributed by atoms with Gasteiger partial charge in [0.05, 0.1) is 17.5 Å². The molecule has 0 radical (unpaired) electrons. The molecule has 34 heavy (non-hydrogen) atoms. The zero-order valence-electron chi connectivity index (χ0n) is 19.2. The van der Waals surface area contributed by atoms with E-state index in [2.05, 4.69) is 23.1 Å². The summed E-state index contributed by atoms with van der Waals surface area (Å²) in [6.07, 6.45) is 8.16. The van der Waals surface area contributed by atoms with Crippen LogP contribution in [0.2, 0.25) is 0 Å². The Kier molecular flexibility index (Phi) is 4.80. The van der Waals surface area contributed by atoms with Crippen molar-refractivity contribution in [2.24, 2.45) is 5.41 Å². The minimum atomic E-state index is -0.391. The molecule has 0 saturated heterocycles. The first-order chi connectivity index (χ1) is 16.5. The van der Waals surface area contributed by atoms with E-state index in [1.54, 1.807) is 18.3 Å². The Balaban J connectivity index is 1.40. The van der Waals surface area contributed by atoms with Gasteiger partial charge in [0, 0.05) is 35.8 Å². The molecule has 2 aromatic heterocycles. The van der Waals surface area contributed by atoms with E-state index in [0.717, 1.165) is 31.2 Å². The average Bonchev–Trinajstić information content (AvgIpc) is 3.39.